The van der Waals surface area contributed by atoms with Crippen LogP contribution in [0.1, 0.15) is 16.2 Å². The van der Waals surface area contributed by atoms with Crippen LogP contribution < -0.4 is 9.47 Å². The fourth-order valence-corrected chi connectivity index (χ4v) is 2.97. The standard InChI is InChI=1S/C22H16F2N2O4/c1-26-18-11-15(30-19-7-3-6-16(23)21(19)24)8-9-17(18)25-20(26)12-29-14-5-2-4-13(10-14)22(27)28/h2-11H,12H2,1H3,(H,27,28). The molecule has 0 spiro atoms. The summed E-state index contributed by atoms with van der Waals surface area (Å²) in [6.07, 6.45) is 0. The molecule has 0 saturated carbocycles. The molecule has 0 atom stereocenters. The van der Waals surface area contributed by atoms with E-state index in [1.165, 1.54) is 24.3 Å². The van der Waals surface area contributed by atoms with Crippen molar-refractivity contribution in [3.8, 4) is 17.2 Å². The van der Waals surface area contributed by atoms with Gasteiger partial charge < -0.3 is 19.1 Å². The second-order valence-corrected chi connectivity index (χ2v) is 6.51. The number of aromatic carboxylic acids is 1. The van der Waals surface area contributed by atoms with Gasteiger partial charge in [0.05, 0.1) is 16.6 Å². The highest BCUT2D eigenvalue weighted by molar-refractivity contribution is 5.88. The zero-order chi connectivity index (χ0) is 21.3. The maximum absolute atomic E-state index is 13.9. The molecule has 4 rings (SSSR count). The highest BCUT2D eigenvalue weighted by Crippen LogP contribution is 2.29. The Bertz CT molecular complexity index is 1250. The second-order valence-electron chi connectivity index (χ2n) is 6.51. The monoisotopic (exact) mass is 410 g/mol. The van der Waals surface area contributed by atoms with Crippen LogP contribution in [0.2, 0.25) is 0 Å². The number of hydrogen-bond donors (Lipinski definition) is 1. The van der Waals surface area contributed by atoms with E-state index in [0.717, 1.165) is 6.07 Å². The summed E-state index contributed by atoms with van der Waals surface area (Å²) >= 11 is 0. The Labute approximate surface area is 169 Å². The molecule has 1 heterocycles. The number of imidazole rings is 1. The van der Waals surface area contributed by atoms with Gasteiger partial charge in [-0.25, -0.2) is 14.2 Å². The smallest absolute Gasteiger partial charge is 0.335 e. The molecule has 0 aliphatic heterocycles. The van der Waals surface area contributed by atoms with Crippen molar-refractivity contribution in [1.82, 2.24) is 9.55 Å². The molecule has 0 amide bonds. The van der Waals surface area contributed by atoms with Crippen LogP contribution in [0.4, 0.5) is 8.78 Å². The minimum atomic E-state index is -1.06. The molecule has 0 aliphatic carbocycles. The molecule has 0 aliphatic rings. The van der Waals surface area contributed by atoms with E-state index in [0.29, 0.717) is 28.4 Å². The van der Waals surface area contributed by atoms with Gasteiger partial charge in [0.2, 0.25) is 5.82 Å². The number of carboxylic acids is 1. The molecular weight excluding hydrogens is 394 g/mol. The molecular formula is C22H16F2N2O4. The molecule has 1 N–H and O–H groups in total. The van der Waals surface area contributed by atoms with E-state index in [9.17, 15) is 13.6 Å². The van der Waals surface area contributed by atoms with Crippen molar-refractivity contribution in [2.24, 2.45) is 7.05 Å². The van der Waals surface area contributed by atoms with Gasteiger partial charge in [0, 0.05) is 13.1 Å². The summed E-state index contributed by atoms with van der Waals surface area (Å²) in [6.45, 7) is 0.114. The van der Waals surface area contributed by atoms with Gasteiger partial charge in [0.15, 0.2) is 11.6 Å². The first-order chi connectivity index (χ1) is 14.4. The van der Waals surface area contributed by atoms with Crippen molar-refractivity contribution in [1.29, 1.82) is 0 Å². The molecule has 0 saturated heterocycles. The molecule has 0 bridgehead atoms. The number of carboxylic acid groups (broad SMARTS) is 1. The number of hydrogen-bond acceptors (Lipinski definition) is 4. The molecule has 1 aromatic heterocycles. The van der Waals surface area contributed by atoms with Gasteiger partial charge in [-0.05, 0) is 42.5 Å². The van der Waals surface area contributed by atoms with Crippen LogP contribution in [-0.2, 0) is 13.7 Å². The van der Waals surface area contributed by atoms with E-state index >= 15 is 0 Å². The van der Waals surface area contributed by atoms with E-state index in [2.05, 4.69) is 4.98 Å². The van der Waals surface area contributed by atoms with Crippen molar-refractivity contribution in [3.05, 3.63) is 83.7 Å². The average molecular weight is 410 g/mol. The Morgan fingerprint density at radius 3 is 2.67 bits per heavy atom. The number of aromatic nitrogens is 2. The molecule has 0 fully saturated rings. The predicted molar refractivity (Wildman–Crippen MR) is 105 cm³/mol. The van der Waals surface area contributed by atoms with E-state index < -0.39 is 17.6 Å². The van der Waals surface area contributed by atoms with Gasteiger partial charge in [-0.2, -0.15) is 4.39 Å². The highest BCUT2D eigenvalue weighted by Gasteiger charge is 2.13. The topological polar surface area (TPSA) is 73.6 Å². The summed E-state index contributed by atoms with van der Waals surface area (Å²) in [7, 11) is 1.79. The van der Waals surface area contributed by atoms with Gasteiger partial charge in [-0.1, -0.05) is 12.1 Å². The lowest BCUT2D eigenvalue weighted by Crippen LogP contribution is -2.04. The number of carbonyl (C=O) groups is 1. The van der Waals surface area contributed by atoms with E-state index in [-0.39, 0.29) is 17.9 Å². The summed E-state index contributed by atoms with van der Waals surface area (Å²) in [6, 6.07) is 14.9. The third kappa shape index (κ3) is 3.80. The molecule has 6 nitrogen and oxygen atoms in total. The van der Waals surface area contributed by atoms with E-state index in [4.69, 9.17) is 14.6 Å². The van der Waals surface area contributed by atoms with Crippen LogP contribution in [-0.4, -0.2) is 20.6 Å². The molecule has 4 aromatic rings. The Balaban J connectivity index is 1.56. The largest absolute Gasteiger partial charge is 0.486 e. The molecule has 3 aromatic carbocycles. The van der Waals surface area contributed by atoms with Crippen molar-refractivity contribution in [2.45, 2.75) is 6.61 Å². The summed E-state index contributed by atoms with van der Waals surface area (Å²) in [5, 5.41) is 9.07. The minimum Gasteiger partial charge on any atom is -0.486 e. The number of fused-ring (bicyclic) bond motifs is 1. The lowest BCUT2D eigenvalue weighted by Gasteiger charge is -2.08. The van der Waals surface area contributed by atoms with E-state index in [1.807, 2.05) is 0 Å². The minimum absolute atomic E-state index is 0.114. The van der Waals surface area contributed by atoms with Gasteiger partial charge in [0.25, 0.3) is 0 Å². The van der Waals surface area contributed by atoms with Crippen molar-refractivity contribution >= 4 is 17.0 Å². The van der Waals surface area contributed by atoms with Crippen molar-refractivity contribution in [2.75, 3.05) is 0 Å². The third-order valence-corrected chi connectivity index (χ3v) is 4.54. The lowest BCUT2D eigenvalue weighted by atomic mass is 10.2. The van der Waals surface area contributed by atoms with Gasteiger partial charge >= 0.3 is 5.97 Å². The Hall–Kier alpha value is -3.94. The number of aryl methyl sites for hydroxylation is 1. The van der Waals surface area contributed by atoms with Gasteiger partial charge in [-0.3, -0.25) is 0 Å². The molecule has 152 valence electrons. The fraction of sp³-hybridized carbons (Fsp3) is 0.0909. The second kappa shape index (κ2) is 7.82. The van der Waals surface area contributed by atoms with Gasteiger partial charge in [0.1, 0.15) is 23.9 Å². The predicted octanol–water partition coefficient (Wildman–Crippen LogP) is 4.92. The zero-order valence-corrected chi connectivity index (χ0v) is 15.8. The van der Waals surface area contributed by atoms with Crippen LogP contribution in [0.3, 0.4) is 0 Å². The number of nitrogens with zero attached hydrogens (tertiary/aromatic N) is 2. The van der Waals surface area contributed by atoms with Crippen LogP contribution in [0.25, 0.3) is 11.0 Å². The highest BCUT2D eigenvalue weighted by atomic mass is 19.2. The Morgan fingerprint density at radius 2 is 1.87 bits per heavy atom. The third-order valence-electron chi connectivity index (χ3n) is 4.54. The van der Waals surface area contributed by atoms with Crippen LogP contribution >= 0.6 is 0 Å². The lowest BCUT2D eigenvalue weighted by molar-refractivity contribution is 0.0696. The average Bonchev–Trinajstić information content (AvgIpc) is 3.05. The molecule has 0 radical (unpaired) electrons. The quantitative estimate of drug-likeness (QED) is 0.488. The number of halogens is 2. The molecule has 8 heteroatoms. The number of rotatable bonds is 6. The zero-order valence-electron chi connectivity index (χ0n) is 15.8. The van der Waals surface area contributed by atoms with E-state index in [1.54, 1.807) is 41.9 Å². The molecule has 30 heavy (non-hydrogen) atoms. The summed E-state index contributed by atoms with van der Waals surface area (Å²) in [5.74, 6) is -1.95. The van der Waals surface area contributed by atoms with Gasteiger partial charge in [-0.15, -0.1) is 0 Å². The fourth-order valence-electron chi connectivity index (χ4n) is 2.97. The first-order valence-corrected chi connectivity index (χ1v) is 8.96. The molecule has 0 unspecified atom stereocenters. The van der Waals surface area contributed by atoms with Crippen LogP contribution in [0.15, 0.2) is 60.7 Å². The Kier molecular flexibility index (Phi) is 5.05. The maximum Gasteiger partial charge on any atom is 0.335 e. The summed E-state index contributed by atoms with van der Waals surface area (Å²) in [5.41, 5.74) is 1.51. The maximum atomic E-state index is 13.9. The summed E-state index contributed by atoms with van der Waals surface area (Å²) < 4.78 is 40.2. The van der Waals surface area contributed by atoms with Crippen LogP contribution in [0.5, 0.6) is 17.2 Å². The number of benzene rings is 3. The normalized spacial score (nSPS) is 10.9. The van der Waals surface area contributed by atoms with Crippen LogP contribution in [0, 0.1) is 11.6 Å². The van der Waals surface area contributed by atoms with Crippen molar-refractivity contribution in [3.63, 3.8) is 0 Å². The SMILES string of the molecule is Cn1c(COc2cccc(C(=O)O)c2)nc2ccc(Oc3cccc(F)c3F)cc21. The first-order valence-electron chi connectivity index (χ1n) is 8.96. The first kappa shape index (κ1) is 19.4. The Morgan fingerprint density at radius 1 is 1.07 bits per heavy atom. The summed E-state index contributed by atoms with van der Waals surface area (Å²) in [4.78, 5) is 15.6. The van der Waals surface area contributed by atoms with Crippen molar-refractivity contribution < 1.29 is 28.2 Å². The number of ether oxygens (including phenoxy) is 2.